The highest BCUT2D eigenvalue weighted by Crippen LogP contribution is 2.32. The molecule has 1 N–H and O–H groups in total. The molecule has 0 bridgehead atoms. The van der Waals surface area contributed by atoms with Gasteiger partial charge in [-0.05, 0) is 35.4 Å². The van der Waals surface area contributed by atoms with Gasteiger partial charge in [0, 0.05) is 6.07 Å². The standard InChI is InChI=1S/C26H23ClN2O5/c1-31-22-12-17(9-10-21(22)34-15-16-7-5-4-6-8-16)11-19(27)25-28-20-14-24(33-3)23(32-2)13-18(20)26(30)29-25/h4-14H,15H2,1-3H3,(H,28,29,30)/b19-11-. The Labute approximate surface area is 201 Å². The number of nitrogens with one attached hydrogen (secondary N) is 1. The van der Waals surface area contributed by atoms with Crippen LogP contribution in [0.1, 0.15) is 17.0 Å². The molecule has 0 atom stereocenters. The van der Waals surface area contributed by atoms with E-state index >= 15 is 0 Å². The molecule has 0 aliphatic carbocycles. The van der Waals surface area contributed by atoms with E-state index in [1.165, 1.54) is 14.2 Å². The minimum Gasteiger partial charge on any atom is -0.493 e. The molecule has 0 fully saturated rings. The third-order valence-electron chi connectivity index (χ3n) is 5.16. The second kappa shape index (κ2) is 10.3. The Hall–Kier alpha value is -3.97. The number of aromatic nitrogens is 2. The van der Waals surface area contributed by atoms with Gasteiger partial charge in [-0.1, -0.05) is 48.0 Å². The molecule has 0 saturated heterocycles. The van der Waals surface area contributed by atoms with Gasteiger partial charge in [0.2, 0.25) is 0 Å². The zero-order chi connectivity index (χ0) is 24.1. The fourth-order valence-electron chi connectivity index (χ4n) is 3.42. The highest BCUT2D eigenvalue weighted by Gasteiger charge is 2.13. The van der Waals surface area contributed by atoms with Crippen molar-refractivity contribution in [1.29, 1.82) is 0 Å². The second-order valence-corrected chi connectivity index (χ2v) is 7.72. The Morgan fingerprint density at radius 2 is 1.59 bits per heavy atom. The van der Waals surface area contributed by atoms with Crippen molar-refractivity contribution >= 4 is 33.6 Å². The maximum atomic E-state index is 12.6. The van der Waals surface area contributed by atoms with Gasteiger partial charge in [-0.25, -0.2) is 4.98 Å². The lowest BCUT2D eigenvalue weighted by atomic mass is 10.1. The van der Waals surface area contributed by atoms with Crippen molar-refractivity contribution in [3.05, 3.63) is 88.0 Å². The van der Waals surface area contributed by atoms with Gasteiger partial charge in [-0.3, -0.25) is 4.79 Å². The summed E-state index contributed by atoms with van der Waals surface area (Å²) in [5.41, 5.74) is 1.90. The van der Waals surface area contributed by atoms with Crippen LogP contribution in [0.4, 0.5) is 0 Å². The molecule has 174 valence electrons. The van der Waals surface area contributed by atoms with Crippen molar-refractivity contribution in [2.75, 3.05) is 21.3 Å². The summed E-state index contributed by atoms with van der Waals surface area (Å²) in [7, 11) is 4.60. The van der Waals surface area contributed by atoms with Gasteiger partial charge in [0.15, 0.2) is 28.8 Å². The van der Waals surface area contributed by atoms with Crippen molar-refractivity contribution in [2.45, 2.75) is 6.61 Å². The van der Waals surface area contributed by atoms with Crippen LogP contribution in [-0.4, -0.2) is 31.3 Å². The molecular formula is C26H23ClN2O5. The Kier molecular flexibility index (Phi) is 7.04. The second-order valence-electron chi connectivity index (χ2n) is 7.32. The molecule has 0 spiro atoms. The van der Waals surface area contributed by atoms with E-state index in [9.17, 15) is 4.79 Å². The highest BCUT2D eigenvalue weighted by atomic mass is 35.5. The maximum absolute atomic E-state index is 12.6. The molecule has 1 heterocycles. The summed E-state index contributed by atoms with van der Waals surface area (Å²) in [6, 6.07) is 18.5. The minimum atomic E-state index is -0.338. The monoisotopic (exact) mass is 478 g/mol. The van der Waals surface area contributed by atoms with Gasteiger partial charge < -0.3 is 23.9 Å². The number of aromatic amines is 1. The number of methoxy groups -OCH3 is 3. The average molecular weight is 479 g/mol. The highest BCUT2D eigenvalue weighted by molar-refractivity contribution is 6.50. The molecule has 4 aromatic rings. The average Bonchev–Trinajstić information content (AvgIpc) is 2.87. The number of hydrogen-bond acceptors (Lipinski definition) is 6. The Balaban J connectivity index is 1.62. The van der Waals surface area contributed by atoms with Gasteiger partial charge >= 0.3 is 0 Å². The minimum absolute atomic E-state index is 0.231. The number of ether oxygens (including phenoxy) is 4. The third kappa shape index (κ3) is 5.00. The number of nitrogens with zero attached hydrogens (tertiary/aromatic N) is 1. The van der Waals surface area contributed by atoms with Crippen LogP contribution in [0.3, 0.4) is 0 Å². The molecule has 7 nitrogen and oxygen atoms in total. The molecule has 0 amide bonds. The van der Waals surface area contributed by atoms with Gasteiger partial charge in [-0.15, -0.1) is 0 Å². The summed E-state index contributed by atoms with van der Waals surface area (Å²) >= 11 is 6.52. The van der Waals surface area contributed by atoms with E-state index in [0.717, 1.165) is 11.1 Å². The summed E-state index contributed by atoms with van der Waals surface area (Å²) in [5, 5.41) is 0.626. The lowest BCUT2D eigenvalue weighted by molar-refractivity contribution is 0.284. The fourth-order valence-corrected chi connectivity index (χ4v) is 3.64. The number of hydrogen-bond donors (Lipinski definition) is 1. The van der Waals surface area contributed by atoms with Crippen LogP contribution in [0.15, 0.2) is 65.5 Å². The first-order chi connectivity index (χ1) is 16.5. The van der Waals surface area contributed by atoms with Gasteiger partial charge in [0.05, 0.1) is 37.3 Å². The van der Waals surface area contributed by atoms with Crippen molar-refractivity contribution in [3.8, 4) is 23.0 Å². The van der Waals surface area contributed by atoms with E-state index in [1.54, 1.807) is 31.4 Å². The lowest BCUT2D eigenvalue weighted by Crippen LogP contribution is -2.11. The van der Waals surface area contributed by atoms with Crippen molar-refractivity contribution in [2.24, 2.45) is 0 Å². The number of benzene rings is 3. The Bertz CT molecular complexity index is 1400. The predicted octanol–water partition coefficient (Wildman–Crippen LogP) is 5.26. The molecule has 0 aliphatic rings. The SMILES string of the molecule is COc1cc2nc(/C(Cl)=C/c3ccc(OCc4ccccc4)c(OC)c3)[nH]c(=O)c2cc1OC. The van der Waals surface area contributed by atoms with Crippen molar-refractivity contribution < 1.29 is 18.9 Å². The first-order valence-corrected chi connectivity index (χ1v) is 10.8. The van der Waals surface area contributed by atoms with Crippen LogP contribution in [0.2, 0.25) is 0 Å². The van der Waals surface area contributed by atoms with Crippen LogP contribution in [0.5, 0.6) is 23.0 Å². The molecule has 4 rings (SSSR count). The maximum Gasteiger partial charge on any atom is 0.259 e. The van der Waals surface area contributed by atoms with Crippen molar-refractivity contribution in [3.63, 3.8) is 0 Å². The third-order valence-corrected chi connectivity index (χ3v) is 5.44. The number of halogens is 1. The zero-order valence-corrected chi connectivity index (χ0v) is 19.7. The molecule has 0 saturated carbocycles. The molecule has 0 unspecified atom stereocenters. The van der Waals surface area contributed by atoms with Crippen LogP contribution in [-0.2, 0) is 6.61 Å². The molecule has 0 aliphatic heterocycles. The lowest BCUT2D eigenvalue weighted by Gasteiger charge is -2.12. The smallest absolute Gasteiger partial charge is 0.259 e. The first kappa shape index (κ1) is 23.2. The van der Waals surface area contributed by atoms with Crippen LogP contribution in [0.25, 0.3) is 22.0 Å². The zero-order valence-electron chi connectivity index (χ0n) is 18.9. The number of fused-ring (bicyclic) bond motifs is 1. The van der Waals surface area contributed by atoms with Gasteiger partial charge in [-0.2, -0.15) is 0 Å². The fraction of sp³-hybridized carbons (Fsp3) is 0.154. The summed E-state index contributed by atoms with van der Waals surface area (Å²) in [4.78, 5) is 19.9. The van der Waals surface area contributed by atoms with Crippen LogP contribution < -0.4 is 24.5 Å². The molecule has 34 heavy (non-hydrogen) atoms. The van der Waals surface area contributed by atoms with E-state index < -0.39 is 0 Å². The molecule has 1 aromatic heterocycles. The molecule has 3 aromatic carbocycles. The summed E-state index contributed by atoms with van der Waals surface area (Å²) in [6.07, 6.45) is 1.69. The number of H-pyrrole nitrogens is 1. The first-order valence-electron chi connectivity index (χ1n) is 10.4. The largest absolute Gasteiger partial charge is 0.493 e. The summed E-state index contributed by atoms with van der Waals surface area (Å²) in [6.45, 7) is 0.420. The van der Waals surface area contributed by atoms with E-state index in [0.29, 0.717) is 40.5 Å². The van der Waals surface area contributed by atoms with Gasteiger partial charge in [0.1, 0.15) is 6.61 Å². The van der Waals surface area contributed by atoms with Crippen LogP contribution >= 0.6 is 11.6 Å². The molecule has 8 heteroatoms. The molecule has 0 radical (unpaired) electrons. The normalized spacial score (nSPS) is 11.4. The summed E-state index contributed by atoms with van der Waals surface area (Å²) in [5.74, 6) is 2.31. The quantitative estimate of drug-likeness (QED) is 0.371. The van der Waals surface area contributed by atoms with E-state index in [4.69, 9.17) is 30.5 Å². The number of rotatable bonds is 8. The Morgan fingerprint density at radius 3 is 2.29 bits per heavy atom. The van der Waals surface area contributed by atoms with E-state index in [2.05, 4.69) is 9.97 Å². The Morgan fingerprint density at radius 1 is 0.912 bits per heavy atom. The predicted molar refractivity (Wildman–Crippen MR) is 133 cm³/mol. The topological polar surface area (TPSA) is 82.7 Å². The van der Waals surface area contributed by atoms with E-state index in [1.807, 2.05) is 42.5 Å². The van der Waals surface area contributed by atoms with E-state index in [-0.39, 0.29) is 16.4 Å². The van der Waals surface area contributed by atoms with Gasteiger partial charge in [0.25, 0.3) is 5.56 Å². The summed E-state index contributed by atoms with van der Waals surface area (Å²) < 4.78 is 22.0. The van der Waals surface area contributed by atoms with Crippen LogP contribution in [0, 0.1) is 0 Å². The van der Waals surface area contributed by atoms with Crippen molar-refractivity contribution in [1.82, 2.24) is 9.97 Å². The molecular weight excluding hydrogens is 456 g/mol.